The molecule has 25 heavy (non-hydrogen) atoms. The zero-order chi connectivity index (χ0) is 18.4. The van der Waals surface area contributed by atoms with Crippen LogP contribution in [0, 0.1) is 5.92 Å². The molecule has 0 radical (unpaired) electrons. The summed E-state index contributed by atoms with van der Waals surface area (Å²) in [6, 6.07) is 13.1. The molecule has 134 valence electrons. The summed E-state index contributed by atoms with van der Waals surface area (Å²) < 4.78 is 36.3. The van der Waals surface area contributed by atoms with Crippen LogP contribution in [0.3, 0.4) is 0 Å². The highest BCUT2D eigenvalue weighted by Gasteiger charge is 2.28. The summed E-state index contributed by atoms with van der Waals surface area (Å²) in [6.07, 6.45) is -6.16. The molecule has 2 aromatic rings. The maximum absolute atomic E-state index is 12.1. The molecule has 0 heterocycles. The number of carbonyl (C=O) groups is 2. The first-order valence-electron chi connectivity index (χ1n) is 7.79. The predicted octanol–water partition coefficient (Wildman–Crippen LogP) is 3.54. The van der Waals surface area contributed by atoms with E-state index in [4.69, 9.17) is 0 Å². The Morgan fingerprint density at radius 3 is 2.44 bits per heavy atom. The summed E-state index contributed by atoms with van der Waals surface area (Å²) >= 11 is 0. The van der Waals surface area contributed by atoms with E-state index >= 15 is 0 Å². The number of rotatable bonds is 7. The highest BCUT2D eigenvalue weighted by atomic mass is 19.4. The van der Waals surface area contributed by atoms with Crippen LogP contribution >= 0.6 is 0 Å². The molecule has 0 aromatic heterocycles. The maximum atomic E-state index is 12.1. The Hall–Kier alpha value is -2.57. The molecule has 1 unspecified atom stereocenters. The monoisotopic (exact) mass is 353 g/mol. The lowest BCUT2D eigenvalue weighted by atomic mass is 9.95. The van der Waals surface area contributed by atoms with Gasteiger partial charge in [0.05, 0.1) is 12.3 Å². The summed E-state index contributed by atoms with van der Waals surface area (Å²) in [5.41, 5.74) is 0.815. The van der Waals surface area contributed by atoms with Gasteiger partial charge in [0.1, 0.15) is 0 Å². The van der Waals surface area contributed by atoms with Crippen molar-refractivity contribution in [2.75, 3.05) is 6.54 Å². The standard InChI is InChI=1S/C18H18F3NO3/c19-18(20,21)9-8-16(23)22-11-14(17(24)25)10-13-6-3-5-12-4-1-2-7-15(12)13/h1-7,14H,8-11H2,(H,22,23)(H,24,25). The highest BCUT2D eigenvalue weighted by molar-refractivity contribution is 5.86. The predicted molar refractivity (Wildman–Crippen MR) is 87.1 cm³/mol. The Balaban J connectivity index is 2.01. The molecular weight excluding hydrogens is 335 g/mol. The molecule has 0 fully saturated rings. The first-order valence-corrected chi connectivity index (χ1v) is 7.79. The van der Waals surface area contributed by atoms with Crippen LogP contribution in [0.5, 0.6) is 0 Å². The van der Waals surface area contributed by atoms with Gasteiger partial charge in [-0.1, -0.05) is 42.5 Å². The molecule has 0 saturated heterocycles. The van der Waals surface area contributed by atoms with Gasteiger partial charge in [0, 0.05) is 13.0 Å². The summed E-state index contributed by atoms with van der Waals surface area (Å²) in [5, 5.41) is 13.5. The Morgan fingerprint density at radius 2 is 1.76 bits per heavy atom. The van der Waals surface area contributed by atoms with Crippen LogP contribution in [0.1, 0.15) is 18.4 Å². The van der Waals surface area contributed by atoms with E-state index in [9.17, 15) is 27.9 Å². The number of hydrogen-bond donors (Lipinski definition) is 2. The molecule has 0 aliphatic carbocycles. The molecule has 4 nitrogen and oxygen atoms in total. The molecule has 0 aliphatic heterocycles. The number of hydrogen-bond acceptors (Lipinski definition) is 2. The van der Waals surface area contributed by atoms with E-state index in [0.717, 1.165) is 16.3 Å². The van der Waals surface area contributed by atoms with E-state index < -0.39 is 36.8 Å². The second kappa shape index (κ2) is 8.00. The van der Waals surface area contributed by atoms with Crippen LogP contribution in [0.25, 0.3) is 10.8 Å². The molecular formula is C18H18F3NO3. The minimum atomic E-state index is -4.41. The van der Waals surface area contributed by atoms with Crippen molar-refractivity contribution in [3.8, 4) is 0 Å². The number of alkyl halides is 3. The fourth-order valence-electron chi connectivity index (χ4n) is 2.56. The van der Waals surface area contributed by atoms with Crippen LogP contribution in [-0.4, -0.2) is 29.7 Å². The van der Waals surface area contributed by atoms with Gasteiger partial charge in [-0.3, -0.25) is 9.59 Å². The molecule has 2 N–H and O–H groups in total. The zero-order valence-corrected chi connectivity index (χ0v) is 13.3. The topological polar surface area (TPSA) is 66.4 Å². The summed E-state index contributed by atoms with van der Waals surface area (Å²) in [4.78, 5) is 22.9. The van der Waals surface area contributed by atoms with Crippen molar-refractivity contribution < 1.29 is 27.9 Å². The number of nitrogens with one attached hydrogen (secondary N) is 1. The van der Waals surface area contributed by atoms with Gasteiger partial charge >= 0.3 is 12.1 Å². The minimum absolute atomic E-state index is 0.177. The van der Waals surface area contributed by atoms with Gasteiger partial charge in [-0.25, -0.2) is 0 Å². The lowest BCUT2D eigenvalue weighted by Crippen LogP contribution is -2.34. The Labute approximate surface area is 142 Å². The maximum Gasteiger partial charge on any atom is 0.389 e. The number of carboxylic acids is 1. The van der Waals surface area contributed by atoms with Gasteiger partial charge in [0.25, 0.3) is 0 Å². The van der Waals surface area contributed by atoms with Crippen LogP contribution in [0.4, 0.5) is 13.2 Å². The van der Waals surface area contributed by atoms with E-state index in [-0.39, 0.29) is 13.0 Å². The van der Waals surface area contributed by atoms with Crippen molar-refractivity contribution in [1.29, 1.82) is 0 Å². The number of aliphatic carboxylic acids is 1. The van der Waals surface area contributed by atoms with E-state index in [1.807, 2.05) is 42.5 Å². The van der Waals surface area contributed by atoms with Crippen molar-refractivity contribution in [3.63, 3.8) is 0 Å². The molecule has 1 atom stereocenters. The van der Waals surface area contributed by atoms with Crippen molar-refractivity contribution in [2.45, 2.75) is 25.4 Å². The summed E-state index contributed by atoms with van der Waals surface area (Å²) in [5.74, 6) is -2.83. The number of benzene rings is 2. The van der Waals surface area contributed by atoms with Crippen LogP contribution < -0.4 is 5.32 Å². The fraction of sp³-hybridized carbons (Fsp3) is 0.333. The quantitative estimate of drug-likeness (QED) is 0.800. The molecule has 2 aromatic carbocycles. The molecule has 1 amide bonds. The average molecular weight is 353 g/mol. The Kier molecular flexibility index (Phi) is 6.01. The van der Waals surface area contributed by atoms with E-state index in [1.165, 1.54) is 0 Å². The van der Waals surface area contributed by atoms with Crippen molar-refractivity contribution >= 4 is 22.6 Å². The first kappa shape index (κ1) is 18.8. The third-order valence-electron chi connectivity index (χ3n) is 3.88. The molecule has 2 rings (SSSR count). The number of fused-ring (bicyclic) bond motifs is 1. The van der Waals surface area contributed by atoms with Gasteiger partial charge in [-0.15, -0.1) is 0 Å². The summed E-state index contributed by atoms with van der Waals surface area (Å²) in [7, 11) is 0. The fourth-order valence-corrected chi connectivity index (χ4v) is 2.56. The number of amides is 1. The van der Waals surface area contributed by atoms with Gasteiger partial charge in [-0.2, -0.15) is 13.2 Å². The second-order valence-corrected chi connectivity index (χ2v) is 5.80. The van der Waals surface area contributed by atoms with Gasteiger partial charge in [0.2, 0.25) is 5.91 Å². The van der Waals surface area contributed by atoms with Crippen molar-refractivity contribution in [1.82, 2.24) is 5.32 Å². The normalized spacial score (nSPS) is 12.8. The smallest absolute Gasteiger partial charge is 0.389 e. The lowest BCUT2D eigenvalue weighted by Gasteiger charge is -2.15. The minimum Gasteiger partial charge on any atom is -0.481 e. The number of carboxylic acid groups (broad SMARTS) is 1. The largest absolute Gasteiger partial charge is 0.481 e. The van der Waals surface area contributed by atoms with Crippen LogP contribution in [0.15, 0.2) is 42.5 Å². The van der Waals surface area contributed by atoms with E-state index in [1.54, 1.807) is 0 Å². The molecule has 0 saturated carbocycles. The van der Waals surface area contributed by atoms with Crippen LogP contribution in [0.2, 0.25) is 0 Å². The number of halogens is 3. The highest BCUT2D eigenvalue weighted by Crippen LogP contribution is 2.22. The third-order valence-corrected chi connectivity index (χ3v) is 3.88. The molecule has 0 spiro atoms. The molecule has 0 aliphatic rings. The zero-order valence-electron chi connectivity index (χ0n) is 13.3. The lowest BCUT2D eigenvalue weighted by molar-refractivity contribution is -0.145. The average Bonchev–Trinajstić information content (AvgIpc) is 2.56. The Bertz CT molecular complexity index is 753. The third kappa shape index (κ3) is 5.77. The number of carbonyl (C=O) groups excluding carboxylic acids is 1. The Morgan fingerprint density at radius 1 is 1.08 bits per heavy atom. The first-order chi connectivity index (χ1) is 11.8. The van der Waals surface area contributed by atoms with Crippen molar-refractivity contribution in [3.05, 3.63) is 48.0 Å². The van der Waals surface area contributed by atoms with E-state index in [0.29, 0.717) is 0 Å². The van der Waals surface area contributed by atoms with Crippen molar-refractivity contribution in [2.24, 2.45) is 5.92 Å². The molecule has 7 heteroatoms. The molecule has 0 bridgehead atoms. The van der Waals surface area contributed by atoms with Gasteiger partial charge < -0.3 is 10.4 Å². The SMILES string of the molecule is O=C(CCC(F)(F)F)NCC(Cc1cccc2ccccc12)C(=O)O. The van der Waals surface area contributed by atoms with E-state index in [2.05, 4.69) is 5.32 Å². The second-order valence-electron chi connectivity index (χ2n) is 5.80. The van der Waals surface area contributed by atoms with Crippen LogP contribution in [-0.2, 0) is 16.0 Å². The van der Waals surface area contributed by atoms with Gasteiger partial charge in [-0.05, 0) is 22.8 Å². The van der Waals surface area contributed by atoms with Gasteiger partial charge in [0.15, 0.2) is 0 Å². The summed E-state index contributed by atoms with van der Waals surface area (Å²) in [6.45, 7) is -0.213.